The minimum Gasteiger partial charge on any atom is -0.508 e. The summed E-state index contributed by atoms with van der Waals surface area (Å²) in [6.07, 6.45) is 0. The lowest BCUT2D eigenvalue weighted by molar-refractivity contribution is 0.476. The van der Waals surface area contributed by atoms with Gasteiger partial charge in [-0.3, -0.25) is 0 Å². The predicted octanol–water partition coefficient (Wildman–Crippen LogP) is 2.31. The Morgan fingerprint density at radius 2 is 2.15 bits per heavy atom. The van der Waals surface area contributed by atoms with E-state index in [-0.39, 0.29) is 18.2 Å². The Bertz CT molecular complexity index is 441. The number of thiazole rings is 1. The third-order valence-electron chi connectivity index (χ3n) is 1.69. The van der Waals surface area contributed by atoms with E-state index in [1.165, 1.54) is 11.3 Å². The number of nitrogen functional groups attached to an aromatic ring is 1. The molecule has 3 nitrogen and oxygen atoms in total. The van der Waals surface area contributed by atoms with Crippen molar-refractivity contribution < 1.29 is 5.11 Å². The molecule has 70 valence electrons. The summed E-state index contributed by atoms with van der Waals surface area (Å²) < 4.78 is 0.935. The van der Waals surface area contributed by atoms with Crippen LogP contribution in [0.1, 0.15) is 5.56 Å². The molecule has 2 rings (SSSR count). The third-order valence-corrected chi connectivity index (χ3v) is 2.52. The molecule has 1 heterocycles. The molecule has 0 atom stereocenters. The van der Waals surface area contributed by atoms with E-state index < -0.39 is 0 Å². The van der Waals surface area contributed by atoms with Gasteiger partial charge in [-0.15, -0.1) is 12.4 Å². The first-order valence-electron chi connectivity index (χ1n) is 3.52. The van der Waals surface area contributed by atoms with Crippen LogP contribution in [0.5, 0.6) is 5.75 Å². The molecule has 0 spiro atoms. The van der Waals surface area contributed by atoms with Gasteiger partial charge in [0, 0.05) is 0 Å². The molecule has 0 amide bonds. The number of halogens is 1. The zero-order valence-electron chi connectivity index (χ0n) is 6.94. The number of phenols is 1. The Hall–Kier alpha value is -1.00. The summed E-state index contributed by atoms with van der Waals surface area (Å²) in [6, 6.07) is 3.36. The highest BCUT2D eigenvalue weighted by Crippen LogP contribution is 2.29. The van der Waals surface area contributed by atoms with Crippen molar-refractivity contribution in [3.8, 4) is 5.75 Å². The number of rotatable bonds is 0. The van der Waals surface area contributed by atoms with E-state index in [0.717, 1.165) is 15.8 Å². The average Bonchev–Trinajstić information content (AvgIpc) is 2.29. The van der Waals surface area contributed by atoms with Gasteiger partial charge in [0.1, 0.15) is 5.75 Å². The Kier molecular flexibility index (Phi) is 2.63. The monoisotopic (exact) mass is 216 g/mol. The number of benzene rings is 1. The second-order valence-electron chi connectivity index (χ2n) is 2.66. The highest BCUT2D eigenvalue weighted by Gasteiger charge is 2.04. The third kappa shape index (κ3) is 1.68. The van der Waals surface area contributed by atoms with Gasteiger partial charge < -0.3 is 10.8 Å². The van der Waals surface area contributed by atoms with Crippen LogP contribution >= 0.6 is 23.7 Å². The first-order chi connectivity index (χ1) is 5.66. The van der Waals surface area contributed by atoms with Gasteiger partial charge in [-0.05, 0) is 24.6 Å². The molecule has 0 bridgehead atoms. The Morgan fingerprint density at radius 3 is 2.85 bits per heavy atom. The maximum atomic E-state index is 9.26. The molecule has 0 aliphatic heterocycles. The second kappa shape index (κ2) is 3.40. The fourth-order valence-electron chi connectivity index (χ4n) is 1.20. The summed E-state index contributed by atoms with van der Waals surface area (Å²) in [5.74, 6) is 0.267. The Morgan fingerprint density at radius 1 is 1.46 bits per heavy atom. The van der Waals surface area contributed by atoms with E-state index in [4.69, 9.17) is 5.73 Å². The molecule has 0 saturated heterocycles. The standard InChI is InChI=1S/C8H8N2OS.ClH/c1-4-2-5(11)3-6-7(4)10-8(9)12-6;/h2-3,11H,1H3,(H2,9,10);1H. The van der Waals surface area contributed by atoms with Gasteiger partial charge in [0.25, 0.3) is 0 Å². The lowest BCUT2D eigenvalue weighted by atomic mass is 10.2. The maximum absolute atomic E-state index is 9.26. The van der Waals surface area contributed by atoms with Crippen molar-refractivity contribution in [3.05, 3.63) is 17.7 Å². The predicted molar refractivity (Wildman–Crippen MR) is 57.7 cm³/mol. The number of phenolic OH excluding ortho intramolecular Hbond substituents is 1. The van der Waals surface area contributed by atoms with Crippen molar-refractivity contribution in [2.75, 3.05) is 5.73 Å². The van der Waals surface area contributed by atoms with Gasteiger partial charge in [-0.25, -0.2) is 4.98 Å². The van der Waals surface area contributed by atoms with E-state index in [2.05, 4.69) is 4.98 Å². The minimum atomic E-state index is 0. The van der Waals surface area contributed by atoms with Crippen LogP contribution in [0.15, 0.2) is 12.1 Å². The number of aromatic hydroxyl groups is 1. The van der Waals surface area contributed by atoms with Crippen molar-refractivity contribution in [3.63, 3.8) is 0 Å². The van der Waals surface area contributed by atoms with Crippen LogP contribution in [-0.2, 0) is 0 Å². The zero-order valence-corrected chi connectivity index (χ0v) is 8.58. The van der Waals surface area contributed by atoms with Crippen LogP contribution < -0.4 is 5.73 Å². The van der Waals surface area contributed by atoms with Gasteiger partial charge in [0.2, 0.25) is 0 Å². The molecule has 0 unspecified atom stereocenters. The lowest BCUT2D eigenvalue weighted by Crippen LogP contribution is -1.81. The van der Waals surface area contributed by atoms with Gasteiger partial charge in [0.05, 0.1) is 10.2 Å². The summed E-state index contributed by atoms with van der Waals surface area (Å²) in [6.45, 7) is 1.90. The summed E-state index contributed by atoms with van der Waals surface area (Å²) in [5, 5.41) is 9.80. The van der Waals surface area contributed by atoms with Crippen LogP contribution in [-0.4, -0.2) is 10.1 Å². The maximum Gasteiger partial charge on any atom is 0.181 e. The zero-order chi connectivity index (χ0) is 8.72. The lowest BCUT2D eigenvalue weighted by Gasteiger charge is -1.94. The van der Waals surface area contributed by atoms with Crippen LogP contribution in [0.25, 0.3) is 10.2 Å². The first kappa shape index (κ1) is 10.1. The Balaban J connectivity index is 0.000000845. The number of nitrogens with zero attached hydrogens (tertiary/aromatic N) is 1. The molecule has 0 saturated carbocycles. The van der Waals surface area contributed by atoms with Crippen LogP contribution in [0.2, 0.25) is 0 Å². The van der Waals surface area contributed by atoms with Crippen molar-refractivity contribution in [1.29, 1.82) is 0 Å². The van der Waals surface area contributed by atoms with E-state index in [9.17, 15) is 5.11 Å². The minimum absolute atomic E-state index is 0. The van der Waals surface area contributed by atoms with E-state index in [1.54, 1.807) is 12.1 Å². The molecule has 1 aromatic heterocycles. The smallest absolute Gasteiger partial charge is 0.181 e. The van der Waals surface area contributed by atoms with Crippen molar-refractivity contribution in [1.82, 2.24) is 4.98 Å². The van der Waals surface area contributed by atoms with Gasteiger partial charge in [0.15, 0.2) is 5.13 Å². The molecule has 2 aromatic rings. The first-order valence-corrected chi connectivity index (χ1v) is 4.34. The van der Waals surface area contributed by atoms with Gasteiger partial charge >= 0.3 is 0 Å². The molecule has 5 heteroatoms. The highest BCUT2D eigenvalue weighted by atomic mass is 35.5. The molecule has 0 aliphatic carbocycles. The quantitative estimate of drug-likeness (QED) is 0.711. The number of hydrogen-bond acceptors (Lipinski definition) is 4. The second-order valence-corrected chi connectivity index (χ2v) is 3.72. The van der Waals surface area contributed by atoms with E-state index in [0.29, 0.717) is 5.13 Å². The Labute approximate surface area is 85.6 Å². The van der Waals surface area contributed by atoms with Crippen molar-refractivity contribution >= 4 is 39.1 Å². The van der Waals surface area contributed by atoms with Gasteiger partial charge in [-0.1, -0.05) is 11.3 Å². The fraction of sp³-hybridized carbons (Fsp3) is 0.125. The van der Waals surface area contributed by atoms with Crippen LogP contribution in [0.3, 0.4) is 0 Å². The molecule has 13 heavy (non-hydrogen) atoms. The molecule has 0 fully saturated rings. The normalized spacial score (nSPS) is 9.92. The molecular formula is C8H9ClN2OS. The van der Waals surface area contributed by atoms with Crippen LogP contribution in [0.4, 0.5) is 5.13 Å². The molecule has 3 N–H and O–H groups in total. The number of aromatic nitrogens is 1. The van der Waals surface area contributed by atoms with E-state index in [1.807, 2.05) is 6.92 Å². The molecule has 1 aromatic carbocycles. The topological polar surface area (TPSA) is 59.1 Å². The number of fused-ring (bicyclic) bond motifs is 1. The summed E-state index contributed by atoms with van der Waals surface area (Å²) in [7, 11) is 0. The number of anilines is 1. The summed E-state index contributed by atoms with van der Waals surface area (Å²) in [5.41, 5.74) is 7.38. The van der Waals surface area contributed by atoms with Gasteiger partial charge in [-0.2, -0.15) is 0 Å². The van der Waals surface area contributed by atoms with Crippen LogP contribution in [0, 0.1) is 6.92 Å². The van der Waals surface area contributed by atoms with E-state index >= 15 is 0 Å². The summed E-state index contributed by atoms with van der Waals surface area (Å²) in [4.78, 5) is 4.14. The summed E-state index contributed by atoms with van der Waals surface area (Å²) >= 11 is 1.39. The molecule has 0 aliphatic rings. The molecule has 0 radical (unpaired) electrons. The molecular weight excluding hydrogens is 208 g/mol. The fourth-order valence-corrected chi connectivity index (χ4v) is 2.04. The largest absolute Gasteiger partial charge is 0.508 e. The van der Waals surface area contributed by atoms with Crippen molar-refractivity contribution in [2.45, 2.75) is 6.92 Å². The van der Waals surface area contributed by atoms with Crippen molar-refractivity contribution in [2.24, 2.45) is 0 Å². The number of aryl methyl sites for hydroxylation is 1. The number of nitrogens with two attached hydrogens (primary N) is 1. The number of hydrogen-bond donors (Lipinski definition) is 2. The highest BCUT2D eigenvalue weighted by molar-refractivity contribution is 7.22. The SMILES string of the molecule is Cc1cc(O)cc2sc(N)nc12.Cl. The average molecular weight is 217 g/mol.